The second kappa shape index (κ2) is 7.64. The van der Waals surface area contributed by atoms with Gasteiger partial charge in [-0.25, -0.2) is 4.79 Å². The Kier molecular flexibility index (Phi) is 5.84. The minimum Gasteiger partial charge on any atom is -0.480 e. The number of esters is 1. The van der Waals surface area contributed by atoms with Gasteiger partial charge in [0.25, 0.3) is 0 Å². The molecule has 2 N–H and O–H groups in total. The molecule has 0 bridgehead atoms. The molecule has 22 heavy (non-hydrogen) atoms. The average Bonchev–Trinajstić information content (AvgIpc) is 2.95. The molecule has 8 heteroatoms. The van der Waals surface area contributed by atoms with Crippen LogP contribution in [0, 0.1) is 0 Å². The number of carboxylic acid groups (broad SMARTS) is 1. The van der Waals surface area contributed by atoms with E-state index in [1.165, 1.54) is 23.1 Å². The van der Waals surface area contributed by atoms with E-state index in [1.54, 1.807) is 13.0 Å². The monoisotopic (exact) mass is 343 g/mol. The van der Waals surface area contributed by atoms with Gasteiger partial charge in [0, 0.05) is 16.7 Å². The summed E-state index contributed by atoms with van der Waals surface area (Å²) in [6, 6.07) is 3.63. The van der Waals surface area contributed by atoms with Crippen molar-refractivity contribution in [3.05, 3.63) is 21.9 Å². The second-order valence-electron chi connectivity index (χ2n) is 4.75. The van der Waals surface area contributed by atoms with Gasteiger partial charge in [0.2, 0.25) is 5.91 Å². The van der Waals surface area contributed by atoms with Crippen molar-refractivity contribution < 1.29 is 24.2 Å². The van der Waals surface area contributed by atoms with Crippen molar-refractivity contribution in [2.45, 2.75) is 30.3 Å². The summed E-state index contributed by atoms with van der Waals surface area (Å²) in [6.07, 6.45) is 1.49. The smallest absolute Gasteiger partial charge is 0.348 e. The van der Waals surface area contributed by atoms with Gasteiger partial charge in [0.05, 0.1) is 6.61 Å². The van der Waals surface area contributed by atoms with Crippen molar-refractivity contribution >= 4 is 40.9 Å². The molecule has 120 valence electrons. The highest BCUT2D eigenvalue weighted by atomic mass is 32.2. The lowest BCUT2D eigenvalue weighted by atomic mass is 10.2. The number of ether oxygens (including phenoxy) is 1. The van der Waals surface area contributed by atoms with E-state index in [2.05, 4.69) is 5.32 Å². The van der Waals surface area contributed by atoms with Crippen LogP contribution < -0.4 is 5.32 Å². The average molecular weight is 343 g/mol. The van der Waals surface area contributed by atoms with E-state index in [0.717, 1.165) is 17.7 Å². The Labute approximate surface area is 136 Å². The van der Waals surface area contributed by atoms with E-state index in [0.29, 0.717) is 18.0 Å². The predicted molar refractivity (Wildman–Crippen MR) is 84.4 cm³/mol. The zero-order valence-corrected chi connectivity index (χ0v) is 13.7. The first-order chi connectivity index (χ1) is 10.5. The van der Waals surface area contributed by atoms with Crippen LogP contribution in [-0.2, 0) is 20.7 Å². The lowest BCUT2D eigenvalue weighted by Gasteiger charge is -2.26. The summed E-state index contributed by atoms with van der Waals surface area (Å²) in [5, 5.41) is 10.7. The fourth-order valence-electron chi connectivity index (χ4n) is 2.08. The SMILES string of the molecule is CCOC(=O)c1ccc(CCC2CNC(=O)C(C(=O)O)S2)s1. The summed E-state index contributed by atoms with van der Waals surface area (Å²) in [5.74, 6) is -1.86. The standard InChI is InChI=1S/C14H17NO5S2/c1-2-20-14(19)10-6-5-8(21-10)3-4-9-7-15-12(16)11(22-9)13(17)18/h5-6,9,11H,2-4,7H2,1H3,(H,15,16)(H,17,18). The molecule has 0 aromatic carbocycles. The number of thioether (sulfide) groups is 1. The van der Waals surface area contributed by atoms with Gasteiger partial charge < -0.3 is 15.2 Å². The molecule has 1 aromatic heterocycles. The summed E-state index contributed by atoms with van der Waals surface area (Å²) in [6.45, 7) is 2.59. The largest absolute Gasteiger partial charge is 0.480 e. The van der Waals surface area contributed by atoms with Gasteiger partial charge in [-0.1, -0.05) is 0 Å². The van der Waals surface area contributed by atoms with Crippen LogP contribution in [-0.4, -0.2) is 46.6 Å². The Hall–Kier alpha value is -1.54. The summed E-state index contributed by atoms with van der Waals surface area (Å²) < 4.78 is 4.94. The van der Waals surface area contributed by atoms with E-state index in [1.807, 2.05) is 6.07 Å². The number of aryl methyl sites for hydroxylation is 1. The number of aliphatic carboxylic acids is 1. The van der Waals surface area contributed by atoms with E-state index in [9.17, 15) is 14.4 Å². The maximum Gasteiger partial charge on any atom is 0.348 e. The molecule has 2 atom stereocenters. The zero-order chi connectivity index (χ0) is 16.1. The molecule has 2 unspecified atom stereocenters. The lowest BCUT2D eigenvalue weighted by molar-refractivity contribution is -0.140. The van der Waals surface area contributed by atoms with Gasteiger partial charge in [0.1, 0.15) is 4.88 Å². The Morgan fingerprint density at radius 1 is 1.45 bits per heavy atom. The summed E-state index contributed by atoms with van der Waals surface area (Å²) in [4.78, 5) is 35.6. The van der Waals surface area contributed by atoms with Gasteiger partial charge in [-0.05, 0) is 31.9 Å². The molecule has 1 aromatic rings. The van der Waals surface area contributed by atoms with Crippen LogP contribution in [0.5, 0.6) is 0 Å². The number of carbonyl (C=O) groups excluding carboxylic acids is 2. The molecule has 0 aliphatic carbocycles. The number of hydrogen-bond acceptors (Lipinski definition) is 6. The number of carbonyl (C=O) groups is 3. The minimum atomic E-state index is -1.10. The fraction of sp³-hybridized carbons (Fsp3) is 0.500. The quantitative estimate of drug-likeness (QED) is 0.601. The maximum atomic E-state index is 11.6. The van der Waals surface area contributed by atoms with Gasteiger partial charge in [0.15, 0.2) is 5.25 Å². The maximum absolute atomic E-state index is 11.6. The number of rotatable bonds is 6. The molecule has 1 amide bonds. The van der Waals surface area contributed by atoms with E-state index < -0.39 is 17.1 Å². The van der Waals surface area contributed by atoms with Crippen molar-refractivity contribution in [2.24, 2.45) is 0 Å². The van der Waals surface area contributed by atoms with Gasteiger partial charge >= 0.3 is 11.9 Å². The summed E-state index contributed by atoms with van der Waals surface area (Å²) >= 11 is 2.58. The Bertz CT molecular complexity index is 571. The molecule has 6 nitrogen and oxygen atoms in total. The lowest BCUT2D eigenvalue weighted by Crippen LogP contribution is -2.47. The summed E-state index contributed by atoms with van der Waals surface area (Å²) in [7, 11) is 0. The van der Waals surface area contributed by atoms with Crippen LogP contribution in [0.2, 0.25) is 0 Å². The van der Waals surface area contributed by atoms with Crippen molar-refractivity contribution in [3.63, 3.8) is 0 Å². The van der Waals surface area contributed by atoms with Crippen molar-refractivity contribution in [1.82, 2.24) is 5.32 Å². The third-order valence-electron chi connectivity index (χ3n) is 3.15. The number of hydrogen-bond donors (Lipinski definition) is 2. The third-order valence-corrected chi connectivity index (χ3v) is 5.75. The molecule has 1 saturated heterocycles. The predicted octanol–water partition coefficient (Wildman–Crippen LogP) is 1.54. The Balaban J connectivity index is 1.87. The molecular weight excluding hydrogens is 326 g/mol. The molecule has 1 fully saturated rings. The van der Waals surface area contributed by atoms with Crippen LogP contribution in [0.3, 0.4) is 0 Å². The Morgan fingerprint density at radius 2 is 2.23 bits per heavy atom. The highest BCUT2D eigenvalue weighted by Crippen LogP contribution is 2.27. The highest BCUT2D eigenvalue weighted by molar-refractivity contribution is 8.02. The van der Waals surface area contributed by atoms with Crippen molar-refractivity contribution in [1.29, 1.82) is 0 Å². The number of thiophene rings is 1. The number of carboxylic acids is 1. The van der Waals surface area contributed by atoms with Crippen LogP contribution in [0.25, 0.3) is 0 Å². The molecule has 2 rings (SSSR count). The molecule has 0 radical (unpaired) electrons. The van der Waals surface area contributed by atoms with Crippen molar-refractivity contribution in [2.75, 3.05) is 13.2 Å². The first-order valence-corrected chi connectivity index (χ1v) is 8.69. The van der Waals surface area contributed by atoms with Crippen LogP contribution >= 0.6 is 23.1 Å². The molecular formula is C14H17NO5S2. The topological polar surface area (TPSA) is 92.7 Å². The van der Waals surface area contributed by atoms with Gasteiger partial charge in [-0.15, -0.1) is 23.1 Å². The van der Waals surface area contributed by atoms with Gasteiger partial charge in [-0.3, -0.25) is 9.59 Å². The fourth-order valence-corrected chi connectivity index (χ4v) is 4.14. The molecule has 2 heterocycles. The van der Waals surface area contributed by atoms with Gasteiger partial charge in [-0.2, -0.15) is 0 Å². The second-order valence-corrected chi connectivity index (χ2v) is 7.33. The molecule has 0 saturated carbocycles. The number of amides is 1. The van der Waals surface area contributed by atoms with E-state index in [-0.39, 0.29) is 11.2 Å². The first-order valence-electron chi connectivity index (χ1n) is 6.93. The molecule has 1 aliphatic heterocycles. The van der Waals surface area contributed by atoms with Crippen LogP contribution in [0.15, 0.2) is 12.1 Å². The summed E-state index contributed by atoms with van der Waals surface area (Å²) in [5.41, 5.74) is 0. The highest BCUT2D eigenvalue weighted by Gasteiger charge is 2.34. The Morgan fingerprint density at radius 3 is 2.91 bits per heavy atom. The third kappa shape index (κ3) is 4.23. The molecule has 0 spiro atoms. The number of nitrogens with one attached hydrogen (secondary N) is 1. The van der Waals surface area contributed by atoms with E-state index in [4.69, 9.17) is 9.84 Å². The molecule has 1 aliphatic rings. The minimum absolute atomic E-state index is 0.0620. The van der Waals surface area contributed by atoms with Crippen LogP contribution in [0.4, 0.5) is 0 Å². The van der Waals surface area contributed by atoms with E-state index >= 15 is 0 Å². The normalized spacial score (nSPS) is 21.2. The zero-order valence-electron chi connectivity index (χ0n) is 12.0. The first kappa shape index (κ1) is 16.8. The van der Waals surface area contributed by atoms with Crippen LogP contribution in [0.1, 0.15) is 27.9 Å². The van der Waals surface area contributed by atoms with Crippen molar-refractivity contribution in [3.8, 4) is 0 Å².